The largest absolute Gasteiger partial charge is 0.365 e. The SMILES string of the molecule is CC1CN=C(NCCCCN(C)C(C)C)S1. The average molecular weight is 243 g/mol. The third-order valence-electron chi connectivity index (χ3n) is 2.90. The van der Waals surface area contributed by atoms with E-state index in [1.54, 1.807) is 0 Å². The van der Waals surface area contributed by atoms with Gasteiger partial charge in [0.15, 0.2) is 5.17 Å². The molecule has 0 amide bonds. The lowest BCUT2D eigenvalue weighted by Gasteiger charge is -2.20. The number of nitrogens with one attached hydrogen (secondary N) is 1. The summed E-state index contributed by atoms with van der Waals surface area (Å²) in [4.78, 5) is 6.83. The molecule has 1 heterocycles. The van der Waals surface area contributed by atoms with Crippen molar-refractivity contribution in [2.45, 2.75) is 44.9 Å². The molecule has 0 bridgehead atoms. The summed E-state index contributed by atoms with van der Waals surface area (Å²) in [6.45, 7) is 9.93. The molecule has 0 aliphatic carbocycles. The van der Waals surface area contributed by atoms with Crippen LogP contribution in [0.5, 0.6) is 0 Å². The van der Waals surface area contributed by atoms with Crippen LogP contribution in [0.2, 0.25) is 0 Å². The van der Waals surface area contributed by atoms with E-state index in [1.165, 1.54) is 19.4 Å². The number of rotatable bonds is 6. The van der Waals surface area contributed by atoms with Crippen LogP contribution >= 0.6 is 11.8 Å². The Balaban J connectivity index is 1.96. The Morgan fingerprint density at radius 3 is 2.81 bits per heavy atom. The highest BCUT2D eigenvalue weighted by Crippen LogP contribution is 2.18. The number of amidine groups is 1. The van der Waals surface area contributed by atoms with Crippen molar-refractivity contribution in [2.24, 2.45) is 4.99 Å². The quantitative estimate of drug-likeness (QED) is 0.725. The predicted molar refractivity (Wildman–Crippen MR) is 74.4 cm³/mol. The fourth-order valence-corrected chi connectivity index (χ4v) is 2.38. The molecule has 0 aromatic carbocycles. The van der Waals surface area contributed by atoms with Gasteiger partial charge in [-0.1, -0.05) is 18.7 Å². The minimum Gasteiger partial charge on any atom is -0.365 e. The van der Waals surface area contributed by atoms with Crippen LogP contribution in [-0.4, -0.2) is 48.0 Å². The molecular weight excluding hydrogens is 218 g/mol. The van der Waals surface area contributed by atoms with Gasteiger partial charge in [0.05, 0.1) is 6.54 Å². The fraction of sp³-hybridized carbons (Fsp3) is 0.917. The lowest BCUT2D eigenvalue weighted by Crippen LogP contribution is -2.28. The minimum atomic E-state index is 0.656. The van der Waals surface area contributed by atoms with Crippen molar-refractivity contribution in [1.82, 2.24) is 10.2 Å². The van der Waals surface area contributed by atoms with Crippen LogP contribution in [0.1, 0.15) is 33.6 Å². The average Bonchev–Trinajstić information content (AvgIpc) is 2.63. The number of hydrogen-bond donors (Lipinski definition) is 1. The van der Waals surface area contributed by atoms with E-state index in [4.69, 9.17) is 0 Å². The molecule has 4 heteroatoms. The Morgan fingerprint density at radius 2 is 2.25 bits per heavy atom. The highest BCUT2D eigenvalue weighted by atomic mass is 32.2. The topological polar surface area (TPSA) is 27.6 Å². The summed E-state index contributed by atoms with van der Waals surface area (Å²) in [6.07, 6.45) is 2.49. The summed E-state index contributed by atoms with van der Waals surface area (Å²) in [6, 6.07) is 0.656. The molecular formula is C12H25N3S. The molecule has 0 saturated heterocycles. The molecule has 0 fully saturated rings. The molecule has 0 aromatic heterocycles. The van der Waals surface area contributed by atoms with E-state index in [1.807, 2.05) is 11.8 Å². The van der Waals surface area contributed by atoms with E-state index in [9.17, 15) is 0 Å². The van der Waals surface area contributed by atoms with E-state index in [0.29, 0.717) is 11.3 Å². The molecule has 1 aliphatic heterocycles. The van der Waals surface area contributed by atoms with Gasteiger partial charge >= 0.3 is 0 Å². The normalized spacial score (nSPS) is 20.6. The second-order valence-corrected chi connectivity index (χ2v) is 6.21. The van der Waals surface area contributed by atoms with E-state index in [0.717, 1.165) is 18.3 Å². The van der Waals surface area contributed by atoms with Crippen molar-refractivity contribution in [3.05, 3.63) is 0 Å². The molecule has 0 radical (unpaired) electrons. The number of thioether (sulfide) groups is 1. The second kappa shape index (κ2) is 7.17. The van der Waals surface area contributed by atoms with Gasteiger partial charge in [-0.2, -0.15) is 0 Å². The van der Waals surface area contributed by atoms with Gasteiger partial charge < -0.3 is 10.2 Å². The van der Waals surface area contributed by atoms with Crippen LogP contribution in [0.3, 0.4) is 0 Å². The van der Waals surface area contributed by atoms with Gasteiger partial charge in [0.1, 0.15) is 0 Å². The Morgan fingerprint density at radius 1 is 1.50 bits per heavy atom. The standard InChI is InChI=1S/C12H25N3S/c1-10(2)15(4)8-6-5-7-13-12-14-9-11(3)16-12/h10-11H,5-9H2,1-4H3,(H,13,14). The molecule has 1 atom stereocenters. The number of hydrogen-bond acceptors (Lipinski definition) is 4. The van der Waals surface area contributed by atoms with Crippen molar-refractivity contribution in [1.29, 1.82) is 0 Å². The van der Waals surface area contributed by atoms with Crippen LogP contribution < -0.4 is 5.32 Å². The third kappa shape index (κ3) is 5.21. The number of nitrogens with zero attached hydrogens (tertiary/aromatic N) is 2. The van der Waals surface area contributed by atoms with Crippen LogP contribution in [0.25, 0.3) is 0 Å². The third-order valence-corrected chi connectivity index (χ3v) is 3.95. The van der Waals surface area contributed by atoms with Crippen LogP contribution in [-0.2, 0) is 0 Å². The lowest BCUT2D eigenvalue weighted by atomic mass is 10.2. The number of aliphatic imine (C=N–C) groups is 1. The molecule has 94 valence electrons. The van der Waals surface area contributed by atoms with Gasteiger partial charge in [-0.25, -0.2) is 0 Å². The first kappa shape index (κ1) is 13.8. The van der Waals surface area contributed by atoms with E-state index in [-0.39, 0.29) is 0 Å². The maximum atomic E-state index is 4.44. The summed E-state index contributed by atoms with van der Waals surface area (Å²) in [7, 11) is 2.19. The zero-order valence-electron chi connectivity index (χ0n) is 11.0. The van der Waals surface area contributed by atoms with E-state index >= 15 is 0 Å². The van der Waals surface area contributed by atoms with Gasteiger partial charge in [0.25, 0.3) is 0 Å². The van der Waals surface area contributed by atoms with Crippen LogP contribution in [0, 0.1) is 0 Å². The maximum absolute atomic E-state index is 4.44. The highest BCUT2D eigenvalue weighted by Gasteiger charge is 2.13. The van der Waals surface area contributed by atoms with Gasteiger partial charge in [-0.15, -0.1) is 0 Å². The van der Waals surface area contributed by atoms with Crippen molar-refractivity contribution in [3.8, 4) is 0 Å². The lowest BCUT2D eigenvalue weighted by molar-refractivity contribution is 0.268. The fourth-order valence-electron chi connectivity index (χ4n) is 1.51. The summed E-state index contributed by atoms with van der Waals surface area (Å²) in [5.41, 5.74) is 0. The van der Waals surface area contributed by atoms with Gasteiger partial charge in [0, 0.05) is 17.8 Å². The summed E-state index contributed by atoms with van der Waals surface area (Å²) in [5, 5.41) is 5.21. The minimum absolute atomic E-state index is 0.656. The van der Waals surface area contributed by atoms with Crippen molar-refractivity contribution >= 4 is 16.9 Å². The first-order valence-electron chi connectivity index (χ1n) is 6.25. The first-order valence-corrected chi connectivity index (χ1v) is 7.12. The Hall–Kier alpha value is -0.220. The highest BCUT2D eigenvalue weighted by molar-refractivity contribution is 8.14. The molecule has 3 nitrogen and oxygen atoms in total. The Labute approximate surface area is 104 Å². The zero-order chi connectivity index (χ0) is 12.0. The van der Waals surface area contributed by atoms with Gasteiger partial charge in [0.2, 0.25) is 0 Å². The van der Waals surface area contributed by atoms with Crippen LogP contribution in [0.4, 0.5) is 0 Å². The zero-order valence-corrected chi connectivity index (χ0v) is 11.8. The molecule has 1 aliphatic rings. The smallest absolute Gasteiger partial charge is 0.156 e. The van der Waals surface area contributed by atoms with Gasteiger partial charge in [-0.05, 0) is 40.3 Å². The molecule has 0 saturated carbocycles. The monoisotopic (exact) mass is 243 g/mol. The van der Waals surface area contributed by atoms with Crippen molar-refractivity contribution in [2.75, 3.05) is 26.7 Å². The van der Waals surface area contributed by atoms with Crippen molar-refractivity contribution in [3.63, 3.8) is 0 Å². The summed E-state index contributed by atoms with van der Waals surface area (Å²) in [5.74, 6) is 0. The Kier molecular flexibility index (Phi) is 6.21. The molecule has 0 spiro atoms. The molecule has 1 rings (SSSR count). The summed E-state index contributed by atoms with van der Waals surface area (Å²) < 4.78 is 0. The van der Waals surface area contributed by atoms with Gasteiger partial charge in [-0.3, -0.25) is 4.99 Å². The van der Waals surface area contributed by atoms with Crippen molar-refractivity contribution < 1.29 is 0 Å². The van der Waals surface area contributed by atoms with Crippen LogP contribution in [0.15, 0.2) is 4.99 Å². The maximum Gasteiger partial charge on any atom is 0.156 e. The molecule has 16 heavy (non-hydrogen) atoms. The predicted octanol–water partition coefficient (Wildman–Crippen LogP) is 2.19. The summed E-state index contributed by atoms with van der Waals surface area (Å²) >= 11 is 1.86. The van der Waals surface area contributed by atoms with E-state index < -0.39 is 0 Å². The molecule has 0 aromatic rings. The Bertz CT molecular complexity index is 228. The van der Waals surface area contributed by atoms with E-state index in [2.05, 4.69) is 43.0 Å². The second-order valence-electron chi connectivity index (χ2n) is 4.78. The first-order chi connectivity index (χ1) is 7.59. The molecule has 1 unspecified atom stereocenters. The molecule has 1 N–H and O–H groups in total. The number of unbranched alkanes of at least 4 members (excludes halogenated alkanes) is 1.